The van der Waals surface area contributed by atoms with E-state index >= 15 is 0 Å². The highest BCUT2D eigenvalue weighted by Gasteiger charge is 2.33. The third-order valence-corrected chi connectivity index (χ3v) is 7.43. The number of hydrogen-bond acceptors (Lipinski definition) is 6. The quantitative estimate of drug-likeness (QED) is 0.478. The first kappa shape index (κ1) is 23.7. The van der Waals surface area contributed by atoms with E-state index in [1.165, 1.54) is 22.7 Å². The van der Waals surface area contributed by atoms with Crippen LogP contribution in [0.3, 0.4) is 0 Å². The van der Waals surface area contributed by atoms with Gasteiger partial charge >= 0.3 is 0 Å². The van der Waals surface area contributed by atoms with E-state index in [0.29, 0.717) is 30.9 Å². The first-order valence-corrected chi connectivity index (χ1v) is 12.7. The predicted molar refractivity (Wildman–Crippen MR) is 125 cm³/mol. The number of hydrogen-bond donors (Lipinski definition) is 1. The van der Waals surface area contributed by atoms with E-state index in [4.69, 9.17) is 33.7 Å². The van der Waals surface area contributed by atoms with Gasteiger partial charge in [-0.05, 0) is 25.1 Å². The smallest absolute Gasteiger partial charge is 0.211 e. The minimum absolute atomic E-state index is 0.107. The second-order valence-electron chi connectivity index (χ2n) is 8.02. The Bertz CT molecular complexity index is 1300. The Labute approximate surface area is 201 Å². The summed E-state index contributed by atoms with van der Waals surface area (Å²) in [6, 6.07) is 4.33. The number of rotatable bonds is 7. The molecule has 33 heavy (non-hydrogen) atoms. The van der Waals surface area contributed by atoms with Crippen LogP contribution in [0.1, 0.15) is 18.6 Å². The maximum atomic E-state index is 13.9. The molecule has 1 unspecified atom stereocenters. The van der Waals surface area contributed by atoms with Gasteiger partial charge in [0.25, 0.3) is 0 Å². The third kappa shape index (κ3) is 5.08. The second kappa shape index (κ2) is 9.09. The number of sulfonamides is 1. The van der Waals surface area contributed by atoms with Crippen LogP contribution in [0.5, 0.6) is 5.75 Å². The Morgan fingerprint density at radius 2 is 2.00 bits per heavy atom. The SMILES string of the molecule is CC(Oc1cc(-c2cnn(CC3CN(S(C)(=O)=O)C3)c2)cnc1N)c1c(Cl)ccc(F)c1Cl. The van der Waals surface area contributed by atoms with Gasteiger partial charge in [-0.15, -0.1) is 0 Å². The maximum absolute atomic E-state index is 13.9. The number of halogens is 3. The maximum Gasteiger partial charge on any atom is 0.211 e. The normalized spacial score (nSPS) is 15.9. The number of ether oxygens (including phenoxy) is 1. The average molecular weight is 514 g/mol. The summed E-state index contributed by atoms with van der Waals surface area (Å²) >= 11 is 12.3. The molecule has 12 heteroatoms. The molecule has 1 fully saturated rings. The monoisotopic (exact) mass is 513 g/mol. The van der Waals surface area contributed by atoms with Crippen molar-refractivity contribution in [2.24, 2.45) is 5.92 Å². The summed E-state index contributed by atoms with van der Waals surface area (Å²) in [5, 5.41) is 4.54. The van der Waals surface area contributed by atoms with Gasteiger partial charge in [0.05, 0.1) is 17.5 Å². The number of nitrogens with zero attached hydrogens (tertiary/aromatic N) is 4. The summed E-state index contributed by atoms with van der Waals surface area (Å²) in [5.41, 5.74) is 7.83. The molecule has 1 aliphatic rings. The lowest BCUT2D eigenvalue weighted by molar-refractivity contribution is 0.176. The van der Waals surface area contributed by atoms with E-state index < -0.39 is 21.9 Å². The molecule has 3 aromatic rings. The van der Waals surface area contributed by atoms with Crippen molar-refractivity contribution in [1.29, 1.82) is 0 Å². The summed E-state index contributed by atoms with van der Waals surface area (Å²) in [6.07, 6.45) is 5.67. The summed E-state index contributed by atoms with van der Waals surface area (Å²) in [4.78, 5) is 4.20. The van der Waals surface area contributed by atoms with Crippen LogP contribution in [-0.2, 0) is 16.6 Å². The molecule has 0 bridgehead atoms. The van der Waals surface area contributed by atoms with Crippen LogP contribution in [0.25, 0.3) is 11.1 Å². The number of benzene rings is 1. The fourth-order valence-electron chi connectivity index (χ4n) is 3.66. The molecule has 0 radical (unpaired) electrons. The molecule has 0 saturated carbocycles. The van der Waals surface area contributed by atoms with Crippen LogP contribution in [0.2, 0.25) is 10.0 Å². The summed E-state index contributed by atoms with van der Waals surface area (Å²) in [6.45, 7) is 3.26. The highest BCUT2D eigenvalue weighted by atomic mass is 35.5. The lowest BCUT2D eigenvalue weighted by Crippen LogP contribution is -2.50. The van der Waals surface area contributed by atoms with Crippen molar-refractivity contribution in [2.45, 2.75) is 19.6 Å². The molecule has 8 nitrogen and oxygen atoms in total. The molecule has 1 aliphatic heterocycles. The molecule has 0 spiro atoms. The Hall–Kier alpha value is -2.40. The van der Waals surface area contributed by atoms with Gasteiger partial charge in [-0.3, -0.25) is 4.68 Å². The van der Waals surface area contributed by atoms with Crippen LogP contribution < -0.4 is 10.5 Å². The van der Waals surface area contributed by atoms with Crippen LogP contribution >= 0.6 is 23.2 Å². The Morgan fingerprint density at radius 1 is 1.27 bits per heavy atom. The van der Waals surface area contributed by atoms with Gasteiger partial charge in [0.15, 0.2) is 11.6 Å². The first-order valence-electron chi connectivity index (χ1n) is 10.1. The standard InChI is InChI=1S/C21H22Cl2FN5O3S/c1-12(19-16(22)3-4-17(24)20(19)23)32-18-5-14(6-26-21(18)25)15-7-27-28(11-15)8-13-9-29(10-13)33(2,30)31/h3-7,11-13H,8-10H2,1-2H3,(H2,25,26). The molecule has 3 heterocycles. The molecule has 0 amide bonds. The van der Waals surface area contributed by atoms with E-state index in [0.717, 1.165) is 11.1 Å². The van der Waals surface area contributed by atoms with Crippen molar-refractivity contribution in [2.75, 3.05) is 25.1 Å². The Balaban J connectivity index is 1.49. The molecule has 1 aromatic carbocycles. The molecular formula is C21H22Cl2FN5O3S. The molecule has 2 N–H and O–H groups in total. The molecule has 2 aromatic heterocycles. The third-order valence-electron chi connectivity index (χ3n) is 5.48. The summed E-state index contributed by atoms with van der Waals surface area (Å²) in [7, 11) is -3.14. The van der Waals surface area contributed by atoms with Crippen LogP contribution in [0.4, 0.5) is 10.2 Å². The zero-order valence-corrected chi connectivity index (χ0v) is 20.2. The van der Waals surface area contributed by atoms with Crippen molar-refractivity contribution in [3.63, 3.8) is 0 Å². The fraction of sp³-hybridized carbons (Fsp3) is 0.333. The van der Waals surface area contributed by atoms with Crippen molar-refractivity contribution in [3.05, 3.63) is 58.2 Å². The zero-order valence-electron chi connectivity index (χ0n) is 17.9. The van der Waals surface area contributed by atoms with E-state index in [9.17, 15) is 12.8 Å². The van der Waals surface area contributed by atoms with Crippen molar-refractivity contribution >= 4 is 39.0 Å². The highest BCUT2D eigenvalue weighted by Crippen LogP contribution is 2.37. The van der Waals surface area contributed by atoms with Gasteiger partial charge in [-0.25, -0.2) is 22.1 Å². The molecule has 4 rings (SSSR count). The van der Waals surface area contributed by atoms with Crippen molar-refractivity contribution in [3.8, 4) is 16.9 Å². The summed E-state index contributed by atoms with van der Waals surface area (Å²) < 4.78 is 46.1. The van der Waals surface area contributed by atoms with Gasteiger partial charge in [-0.1, -0.05) is 23.2 Å². The van der Waals surface area contributed by atoms with Crippen molar-refractivity contribution < 1.29 is 17.5 Å². The molecule has 1 atom stereocenters. The predicted octanol–water partition coefficient (Wildman–Crippen LogP) is 4.00. The largest absolute Gasteiger partial charge is 0.482 e. The lowest BCUT2D eigenvalue weighted by Gasteiger charge is -2.36. The zero-order chi connectivity index (χ0) is 23.9. The van der Waals surface area contributed by atoms with Gasteiger partial charge < -0.3 is 10.5 Å². The van der Waals surface area contributed by atoms with E-state index in [-0.39, 0.29) is 21.8 Å². The number of nitrogen functional groups attached to an aromatic ring is 1. The number of nitrogens with two attached hydrogens (primary N) is 1. The molecule has 1 saturated heterocycles. The number of aromatic nitrogens is 3. The minimum atomic E-state index is -3.14. The average Bonchev–Trinajstić information content (AvgIpc) is 3.17. The second-order valence-corrected chi connectivity index (χ2v) is 10.8. The molecule has 0 aliphatic carbocycles. The van der Waals surface area contributed by atoms with Gasteiger partial charge in [0.1, 0.15) is 11.9 Å². The van der Waals surface area contributed by atoms with Crippen LogP contribution in [-0.4, -0.2) is 46.8 Å². The number of anilines is 1. The van der Waals surface area contributed by atoms with Gasteiger partial charge in [-0.2, -0.15) is 5.10 Å². The van der Waals surface area contributed by atoms with Crippen LogP contribution in [0.15, 0.2) is 36.8 Å². The van der Waals surface area contributed by atoms with Crippen LogP contribution in [0, 0.1) is 11.7 Å². The van der Waals surface area contributed by atoms with Gasteiger partial charge in [0.2, 0.25) is 10.0 Å². The van der Waals surface area contributed by atoms with E-state index in [1.807, 2.05) is 6.20 Å². The molecule has 176 valence electrons. The topological polar surface area (TPSA) is 103 Å². The molecular weight excluding hydrogens is 492 g/mol. The minimum Gasteiger partial charge on any atom is -0.482 e. The summed E-state index contributed by atoms with van der Waals surface area (Å²) in [5.74, 6) is 0.0753. The fourth-order valence-corrected chi connectivity index (χ4v) is 5.30. The van der Waals surface area contributed by atoms with E-state index in [2.05, 4.69) is 10.1 Å². The first-order chi connectivity index (χ1) is 15.5. The highest BCUT2D eigenvalue weighted by molar-refractivity contribution is 7.88. The Morgan fingerprint density at radius 3 is 2.70 bits per heavy atom. The van der Waals surface area contributed by atoms with E-state index in [1.54, 1.807) is 30.1 Å². The number of pyridine rings is 1. The Kier molecular flexibility index (Phi) is 6.54. The van der Waals surface area contributed by atoms with Crippen molar-refractivity contribution in [1.82, 2.24) is 19.1 Å². The lowest BCUT2D eigenvalue weighted by atomic mass is 10.0. The van der Waals surface area contributed by atoms with Gasteiger partial charge in [0, 0.05) is 59.7 Å².